The fourth-order valence-electron chi connectivity index (χ4n) is 7.72. The highest BCUT2D eigenvalue weighted by atomic mass is 16.5. The summed E-state index contributed by atoms with van der Waals surface area (Å²) in [4.78, 5) is 40.1. The molecular formula is C46H40B2N2O8. The second-order valence-corrected chi connectivity index (χ2v) is 14.6. The van der Waals surface area contributed by atoms with Crippen molar-refractivity contribution in [2.24, 2.45) is 0 Å². The zero-order valence-electron chi connectivity index (χ0n) is 31.6. The molecule has 1 unspecified atom stereocenters. The summed E-state index contributed by atoms with van der Waals surface area (Å²) in [5.41, 5.74) is 9.40. The number of rotatable bonds is 13. The van der Waals surface area contributed by atoms with Crippen molar-refractivity contribution in [2.45, 2.75) is 45.0 Å². The van der Waals surface area contributed by atoms with Crippen LogP contribution in [0.25, 0.3) is 11.1 Å². The third-order valence-electron chi connectivity index (χ3n) is 10.6. The molecule has 58 heavy (non-hydrogen) atoms. The van der Waals surface area contributed by atoms with Crippen LogP contribution in [-0.2, 0) is 45.0 Å². The Morgan fingerprint density at radius 1 is 0.569 bits per heavy atom. The molecule has 0 fully saturated rings. The largest absolute Gasteiger partial charge is 0.492 e. The van der Waals surface area contributed by atoms with Crippen LogP contribution in [-0.4, -0.2) is 47.0 Å². The number of nitrogens with one attached hydrogen (secondary N) is 2. The predicted octanol–water partition coefficient (Wildman–Crippen LogP) is 5.24. The Bertz CT molecular complexity index is 2510. The Kier molecular flexibility index (Phi) is 11.5. The van der Waals surface area contributed by atoms with Gasteiger partial charge in [0.15, 0.2) is 5.78 Å². The summed E-state index contributed by atoms with van der Waals surface area (Å²) in [5.74, 6) is -0.667. The van der Waals surface area contributed by atoms with Crippen LogP contribution in [0.3, 0.4) is 0 Å². The zero-order chi connectivity index (χ0) is 40.2. The molecule has 288 valence electrons. The van der Waals surface area contributed by atoms with E-state index in [9.17, 15) is 29.5 Å². The molecule has 12 heteroatoms. The average Bonchev–Trinajstić information content (AvgIpc) is 3.84. The number of aliphatic hydroxyl groups excluding tert-OH is 1. The molecule has 0 saturated heterocycles. The number of hydrogen-bond donors (Lipinski definition) is 5. The van der Waals surface area contributed by atoms with Crippen LogP contribution in [0.2, 0.25) is 0 Å². The van der Waals surface area contributed by atoms with E-state index >= 15 is 0 Å². The number of carbonyl (C=O) groups is 3. The summed E-state index contributed by atoms with van der Waals surface area (Å²) >= 11 is 0. The first-order valence-corrected chi connectivity index (χ1v) is 19.2. The fraction of sp³-hybridized carbons (Fsp3) is 0.152. The molecule has 0 saturated carbocycles. The van der Waals surface area contributed by atoms with E-state index in [-0.39, 0.29) is 30.4 Å². The maximum Gasteiger partial charge on any atom is 0.492 e. The van der Waals surface area contributed by atoms with Crippen LogP contribution in [0.15, 0.2) is 133 Å². The van der Waals surface area contributed by atoms with Crippen LogP contribution in [0.4, 0.5) is 11.4 Å². The van der Waals surface area contributed by atoms with Gasteiger partial charge in [-0.25, -0.2) is 0 Å². The van der Waals surface area contributed by atoms with Gasteiger partial charge >= 0.3 is 14.2 Å². The van der Waals surface area contributed by atoms with Gasteiger partial charge in [-0.2, -0.15) is 0 Å². The molecule has 2 heterocycles. The molecule has 2 amide bonds. The second-order valence-electron chi connectivity index (χ2n) is 14.6. The third kappa shape index (κ3) is 8.57. The number of aryl methyl sites for hydroxylation is 2. The highest BCUT2D eigenvalue weighted by Gasteiger charge is 2.31. The van der Waals surface area contributed by atoms with Crippen LogP contribution >= 0.6 is 0 Å². The maximum absolute atomic E-state index is 13.7. The lowest BCUT2D eigenvalue weighted by Crippen LogP contribution is -2.31. The summed E-state index contributed by atoms with van der Waals surface area (Å²) in [6, 6.07) is 39.9. The predicted molar refractivity (Wildman–Crippen MR) is 224 cm³/mol. The quantitative estimate of drug-likeness (QED) is 0.0790. The van der Waals surface area contributed by atoms with Gasteiger partial charge in [-0.15, -0.1) is 0 Å². The standard InChI is InChI=1S/C46H40B2N2O8/c51-41(20-18-29-10-4-15-35-27-57-47(55)43(29)35)49-39-17-7-14-34(24-39)46(54)33-13-6-12-32(22-33)37-23-38(45(53)31-8-2-1-3-9-31)26-40(25-37)50-42(52)21-19-30-11-5-16-36-28-58-48(56)44(30)36/h1-17,22-26,46,54-56H,18-21,27-28H2,(H,49,51)(H,50,52). The van der Waals surface area contributed by atoms with Gasteiger partial charge in [0.25, 0.3) is 0 Å². The highest BCUT2D eigenvalue weighted by Crippen LogP contribution is 2.31. The van der Waals surface area contributed by atoms with Crippen molar-refractivity contribution >= 4 is 54.1 Å². The van der Waals surface area contributed by atoms with Crippen molar-refractivity contribution in [3.8, 4) is 11.1 Å². The van der Waals surface area contributed by atoms with Gasteiger partial charge in [-0.05, 0) is 105 Å². The summed E-state index contributed by atoms with van der Waals surface area (Å²) < 4.78 is 10.7. The van der Waals surface area contributed by atoms with Gasteiger partial charge in [0.2, 0.25) is 11.8 Å². The number of aliphatic hydroxyl groups is 1. The minimum Gasteiger partial charge on any atom is -0.423 e. The zero-order valence-corrected chi connectivity index (χ0v) is 31.6. The van der Waals surface area contributed by atoms with Crippen molar-refractivity contribution in [1.82, 2.24) is 0 Å². The highest BCUT2D eigenvalue weighted by molar-refractivity contribution is 6.62. The smallest absolute Gasteiger partial charge is 0.423 e. The van der Waals surface area contributed by atoms with E-state index in [0.717, 1.165) is 33.3 Å². The molecule has 6 aromatic rings. The number of amides is 2. The number of hydrogen-bond acceptors (Lipinski definition) is 8. The molecule has 1 atom stereocenters. The Balaban J connectivity index is 0.993. The number of fused-ring (bicyclic) bond motifs is 2. The number of carbonyl (C=O) groups excluding carboxylic acids is 3. The lowest BCUT2D eigenvalue weighted by atomic mass is 9.75. The molecule has 2 aliphatic heterocycles. The molecular weight excluding hydrogens is 730 g/mol. The van der Waals surface area contributed by atoms with Gasteiger partial charge < -0.3 is 35.1 Å². The molecule has 10 nitrogen and oxygen atoms in total. The van der Waals surface area contributed by atoms with Crippen LogP contribution in [0.1, 0.15) is 68.2 Å². The van der Waals surface area contributed by atoms with Crippen molar-refractivity contribution in [1.29, 1.82) is 0 Å². The van der Waals surface area contributed by atoms with Gasteiger partial charge in [-0.1, -0.05) is 97.1 Å². The topological polar surface area (TPSA) is 154 Å². The first-order chi connectivity index (χ1) is 28.2. The van der Waals surface area contributed by atoms with Gasteiger partial charge in [0.05, 0.1) is 13.2 Å². The van der Waals surface area contributed by atoms with E-state index in [1.807, 2.05) is 60.7 Å². The van der Waals surface area contributed by atoms with E-state index in [1.54, 1.807) is 72.8 Å². The third-order valence-corrected chi connectivity index (χ3v) is 10.6. The molecule has 0 spiro atoms. The fourth-order valence-corrected chi connectivity index (χ4v) is 7.72. The minimum atomic E-state index is -1.04. The van der Waals surface area contributed by atoms with Crippen LogP contribution < -0.4 is 21.6 Å². The SMILES string of the molecule is O=C(CCc1cccc2c1B(O)OC2)Nc1cc(C(=O)c2ccccc2)cc(-c2cccc(C(O)c3cccc(NC(=O)CCc4cccc5c4B(O)OC5)c3)c2)c1. The summed E-state index contributed by atoms with van der Waals surface area (Å²) in [7, 11) is -2.00. The molecule has 0 aromatic heterocycles. The van der Waals surface area contributed by atoms with Crippen LogP contribution in [0.5, 0.6) is 0 Å². The van der Waals surface area contributed by atoms with Crippen molar-refractivity contribution in [3.63, 3.8) is 0 Å². The molecule has 6 aromatic carbocycles. The molecule has 0 radical (unpaired) electrons. The van der Waals surface area contributed by atoms with Gasteiger partial charge in [0.1, 0.15) is 6.10 Å². The number of benzene rings is 6. The van der Waals surface area contributed by atoms with Gasteiger partial charge in [-0.3, -0.25) is 14.4 Å². The summed E-state index contributed by atoms with van der Waals surface area (Å²) in [5, 5.41) is 38.1. The minimum absolute atomic E-state index is 0.144. The normalized spacial score (nSPS) is 13.5. The second kappa shape index (κ2) is 17.2. The molecule has 0 bridgehead atoms. The Morgan fingerprint density at radius 3 is 1.78 bits per heavy atom. The molecule has 5 N–H and O–H groups in total. The average molecular weight is 770 g/mol. The summed E-state index contributed by atoms with van der Waals surface area (Å²) in [6.45, 7) is 0.668. The lowest BCUT2D eigenvalue weighted by Gasteiger charge is -2.16. The van der Waals surface area contributed by atoms with E-state index < -0.39 is 20.3 Å². The maximum atomic E-state index is 13.7. The Morgan fingerprint density at radius 2 is 1.14 bits per heavy atom. The van der Waals surface area contributed by atoms with E-state index in [1.165, 1.54) is 0 Å². The van der Waals surface area contributed by atoms with E-state index in [4.69, 9.17) is 9.31 Å². The van der Waals surface area contributed by atoms with Crippen molar-refractivity contribution in [3.05, 3.63) is 178 Å². The Hall–Kier alpha value is -6.14. The van der Waals surface area contributed by atoms with E-state index in [2.05, 4.69) is 10.6 Å². The number of anilines is 2. The Labute approximate surface area is 336 Å². The molecule has 2 aliphatic rings. The van der Waals surface area contributed by atoms with Crippen molar-refractivity contribution in [2.75, 3.05) is 10.6 Å². The lowest BCUT2D eigenvalue weighted by molar-refractivity contribution is -0.117. The van der Waals surface area contributed by atoms with Crippen molar-refractivity contribution < 1.29 is 38.8 Å². The van der Waals surface area contributed by atoms with Crippen LogP contribution in [0, 0.1) is 0 Å². The summed E-state index contributed by atoms with van der Waals surface area (Å²) in [6.07, 6.45) is 0.128. The van der Waals surface area contributed by atoms with E-state index in [0.29, 0.717) is 70.7 Å². The number of ketones is 1. The molecule has 0 aliphatic carbocycles. The van der Waals surface area contributed by atoms with Gasteiger partial charge in [0, 0.05) is 35.3 Å². The monoisotopic (exact) mass is 770 g/mol. The first-order valence-electron chi connectivity index (χ1n) is 19.2. The first kappa shape index (κ1) is 38.7. The molecule has 8 rings (SSSR count).